The highest BCUT2D eigenvalue weighted by molar-refractivity contribution is 9.10. The van der Waals surface area contributed by atoms with E-state index in [0.29, 0.717) is 30.0 Å². The van der Waals surface area contributed by atoms with Crippen LogP contribution in [0.1, 0.15) is 41.4 Å². The summed E-state index contributed by atoms with van der Waals surface area (Å²) >= 11 is 3.36. The van der Waals surface area contributed by atoms with Crippen LogP contribution in [0.3, 0.4) is 0 Å². The van der Waals surface area contributed by atoms with Crippen molar-refractivity contribution in [3.8, 4) is 5.75 Å². The van der Waals surface area contributed by atoms with Crippen molar-refractivity contribution in [1.82, 2.24) is 4.90 Å². The van der Waals surface area contributed by atoms with E-state index in [-0.39, 0.29) is 11.7 Å². The second-order valence-electron chi connectivity index (χ2n) is 5.86. The second-order valence-corrected chi connectivity index (χ2v) is 6.78. The van der Waals surface area contributed by atoms with Crippen molar-refractivity contribution in [3.05, 3.63) is 63.4 Å². The average molecular weight is 406 g/mol. The Hall–Kier alpha value is -2.21. The van der Waals surface area contributed by atoms with Gasteiger partial charge in [0, 0.05) is 22.1 Å². The summed E-state index contributed by atoms with van der Waals surface area (Å²) in [5.41, 5.74) is 1.76. The van der Waals surface area contributed by atoms with E-state index < -0.39 is 11.9 Å². The second kappa shape index (κ2) is 6.96. The molecule has 1 aliphatic heterocycles. The monoisotopic (exact) mass is 405 g/mol. The predicted octanol–water partition coefficient (Wildman–Crippen LogP) is 4.27. The van der Waals surface area contributed by atoms with Gasteiger partial charge in [-0.15, -0.1) is 0 Å². The highest BCUT2D eigenvalue weighted by Gasteiger charge is 2.37. The summed E-state index contributed by atoms with van der Waals surface area (Å²) in [5.74, 6) is -0.555. The molecular formula is C19H17BrFNO3. The Morgan fingerprint density at radius 2 is 2.08 bits per heavy atom. The molecule has 0 aliphatic carbocycles. The molecular weight excluding hydrogens is 389 g/mol. The maximum atomic E-state index is 13.8. The van der Waals surface area contributed by atoms with Crippen LogP contribution in [0, 0.1) is 5.82 Å². The van der Waals surface area contributed by atoms with E-state index in [9.17, 15) is 14.0 Å². The number of benzene rings is 2. The summed E-state index contributed by atoms with van der Waals surface area (Å²) in [6.07, 6.45) is 0. The van der Waals surface area contributed by atoms with Crippen LogP contribution in [0.15, 0.2) is 40.9 Å². The largest absolute Gasteiger partial charge is 0.493 e. The first-order valence-corrected chi connectivity index (χ1v) is 8.73. The number of rotatable bonds is 5. The van der Waals surface area contributed by atoms with Gasteiger partial charge in [0.1, 0.15) is 17.6 Å². The van der Waals surface area contributed by atoms with Crippen LogP contribution in [0.5, 0.6) is 5.75 Å². The zero-order chi connectivity index (χ0) is 18.1. The molecule has 3 rings (SSSR count). The number of carbonyl (C=O) groups is 2. The van der Waals surface area contributed by atoms with Gasteiger partial charge in [0.15, 0.2) is 5.78 Å². The molecule has 0 fully saturated rings. The molecule has 25 heavy (non-hydrogen) atoms. The Balaban J connectivity index is 2.06. The van der Waals surface area contributed by atoms with Gasteiger partial charge in [-0.2, -0.15) is 0 Å². The molecule has 1 heterocycles. The Morgan fingerprint density at radius 1 is 1.32 bits per heavy atom. The molecule has 130 valence electrons. The molecule has 2 aromatic rings. The van der Waals surface area contributed by atoms with Gasteiger partial charge in [-0.05, 0) is 49.7 Å². The number of ketones is 1. The lowest BCUT2D eigenvalue weighted by atomic mass is 10.0. The fourth-order valence-corrected chi connectivity index (χ4v) is 3.49. The smallest absolute Gasteiger partial charge is 0.255 e. The summed E-state index contributed by atoms with van der Waals surface area (Å²) in [7, 11) is 0. The number of amides is 1. The zero-order valence-electron chi connectivity index (χ0n) is 13.9. The van der Waals surface area contributed by atoms with Crippen LogP contribution in [-0.4, -0.2) is 23.2 Å². The number of ether oxygens (including phenoxy) is 1. The van der Waals surface area contributed by atoms with Crippen LogP contribution in [-0.2, 0) is 11.3 Å². The number of hydrogen-bond acceptors (Lipinski definition) is 3. The average Bonchev–Trinajstić information content (AvgIpc) is 2.87. The van der Waals surface area contributed by atoms with Crippen LogP contribution in [0.25, 0.3) is 0 Å². The van der Waals surface area contributed by atoms with Gasteiger partial charge in [-0.3, -0.25) is 9.59 Å². The Bertz CT molecular complexity index is 853. The van der Waals surface area contributed by atoms with E-state index >= 15 is 0 Å². The molecule has 0 radical (unpaired) electrons. The quantitative estimate of drug-likeness (QED) is 0.745. The molecule has 1 aliphatic rings. The van der Waals surface area contributed by atoms with E-state index in [4.69, 9.17) is 4.74 Å². The van der Waals surface area contributed by atoms with Crippen LogP contribution in [0.4, 0.5) is 4.39 Å². The van der Waals surface area contributed by atoms with Gasteiger partial charge < -0.3 is 9.64 Å². The Kier molecular flexibility index (Phi) is 4.90. The molecule has 4 nitrogen and oxygen atoms in total. The number of carbonyl (C=O) groups excluding carboxylic acids is 2. The third kappa shape index (κ3) is 3.31. The van der Waals surface area contributed by atoms with E-state index in [0.717, 1.165) is 10.0 Å². The summed E-state index contributed by atoms with van der Waals surface area (Å²) in [6, 6.07) is 8.59. The lowest BCUT2D eigenvalue weighted by Crippen LogP contribution is -2.33. The van der Waals surface area contributed by atoms with Crippen molar-refractivity contribution in [3.63, 3.8) is 0 Å². The summed E-state index contributed by atoms with van der Waals surface area (Å²) in [6.45, 7) is 3.89. The lowest BCUT2D eigenvalue weighted by molar-refractivity contribution is -0.121. The zero-order valence-corrected chi connectivity index (χ0v) is 15.5. The van der Waals surface area contributed by atoms with Crippen LogP contribution >= 0.6 is 15.9 Å². The van der Waals surface area contributed by atoms with Gasteiger partial charge in [0.2, 0.25) is 0 Å². The highest BCUT2D eigenvalue weighted by atomic mass is 79.9. The minimum Gasteiger partial charge on any atom is -0.493 e. The van der Waals surface area contributed by atoms with Crippen LogP contribution in [0.2, 0.25) is 0 Å². The molecule has 1 amide bonds. The molecule has 2 aromatic carbocycles. The van der Waals surface area contributed by atoms with Crippen molar-refractivity contribution in [2.45, 2.75) is 26.4 Å². The maximum absolute atomic E-state index is 13.8. The van der Waals surface area contributed by atoms with Crippen LogP contribution < -0.4 is 4.74 Å². The van der Waals surface area contributed by atoms with Crippen molar-refractivity contribution in [2.75, 3.05) is 6.61 Å². The fraction of sp³-hybridized carbons (Fsp3) is 0.263. The maximum Gasteiger partial charge on any atom is 0.255 e. The van der Waals surface area contributed by atoms with Gasteiger partial charge in [-0.25, -0.2) is 4.39 Å². The lowest BCUT2D eigenvalue weighted by Gasteiger charge is -2.27. The molecule has 1 atom stereocenters. The number of nitrogens with zero attached hydrogens (tertiary/aromatic N) is 1. The first-order chi connectivity index (χ1) is 11.9. The molecule has 6 heteroatoms. The van der Waals surface area contributed by atoms with E-state index in [1.165, 1.54) is 30.0 Å². The fourth-order valence-electron chi connectivity index (χ4n) is 3.13. The number of hydrogen-bond donors (Lipinski definition) is 0. The Morgan fingerprint density at radius 3 is 2.76 bits per heavy atom. The normalized spacial score (nSPS) is 14.4. The van der Waals surface area contributed by atoms with Gasteiger partial charge in [0.05, 0.1) is 6.61 Å². The van der Waals surface area contributed by atoms with Crippen molar-refractivity contribution in [2.24, 2.45) is 0 Å². The highest BCUT2D eigenvalue weighted by Crippen LogP contribution is 2.37. The summed E-state index contributed by atoms with van der Waals surface area (Å²) in [4.78, 5) is 26.7. The molecule has 1 unspecified atom stereocenters. The molecule has 0 N–H and O–H groups in total. The minimum atomic E-state index is -0.893. The first kappa shape index (κ1) is 17.6. The number of fused-ring (bicyclic) bond motifs is 1. The molecule has 0 saturated carbocycles. The van der Waals surface area contributed by atoms with Crippen molar-refractivity contribution < 1.29 is 18.7 Å². The SMILES string of the molecule is CCOc1ccc(F)cc1C(C(C)=O)N1Cc2ccc(Br)cc2C1=O. The third-order valence-corrected chi connectivity index (χ3v) is 4.66. The van der Waals surface area contributed by atoms with E-state index in [1.807, 2.05) is 19.1 Å². The molecule has 0 saturated heterocycles. The van der Waals surface area contributed by atoms with Crippen molar-refractivity contribution in [1.29, 1.82) is 0 Å². The third-order valence-electron chi connectivity index (χ3n) is 4.17. The summed E-state index contributed by atoms with van der Waals surface area (Å²) < 4.78 is 20.2. The minimum absolute atomic E-state index is 0.244. The first-order valence-electron chi connectivity index (χ1n) is 7.94. The number of Topliss-reactive ketones (excluding diaryl/α,β-unsaturated/α-hetero) is 1. The van der Waals surface area contributed by atoms with E-state index in [1.54, 1.807) is 6.07 Å². The molecule has 0 spiro atoms. The summed E-state index contributed by atoms with van der Waals surface area (Å²) in [5, 5.41) is 0. The molecule has 0 aromatic heterocycles. The van der Waals surface area contributed by atoms with E-state index in [2.05, 4.69) is 15.9 Å². The molecule has 0 bridgehead atoms. The Labute approximate surface area is 153 Å². The topological polar surface area (TPSA) is 46.6 Å². The van der Waals surface area contributed by atoms with Gasteiger partial charge in [0.25, 0.3) is 5.91 Å². The van der Waals surface area contributed by atoms with Gasteiger partial charge in [-0.1, -0.05) is 22.0 Å². The predicted molar refractivity (Wildman–Crippen MR) is 95.0 cm³/mol. The van der Waals surface area contributed by atoms with Crippen molar-refractivity contribution >= 4 is 27.6 Å². The van der Waals surface area contributed by atoms with Gasteiger partial charge >= 0.3 is 0 Å². The number of halogens is 2. The standard InChI is InChI=1S/C19H17BrFNO3/c1-3-25-17-7-6-14(21)9-16(17)18(11(2)23)22-10-12-4-5-13(20)8-15(12)19(22)24/h4-9,18H,3,10H2,1-2H3.